The van der Waals surface area contributed by atoms with E-state index in [1.165, 1.54) is 4.31 Å². The Bertz CT molecular complexity index is 374. The Morgan fingerprint density at radius 1 is 1.32 bits per heavy atom. The minimum Gasteiger partial charge on any atom is -0.466 e. The highest BCUT2D eigenvalue weighted by Crippen LogP contribution is 2.21. The number of esters is 1. The molecule has 0 aromatic carbocycles. The van der Waals surface area contributed by atoms with Crippen molar-refractivity contribution in [3.8, 4) is 0 Å². The summed E-state index contributed by atoms with van der Waals surface area (Å²) in [5.74, 6) is -0.269. The monoisotopic (exact) mass is 293 g/mol. The summed E-state index contributed by atoms with van der Waals surface area (Å²) in [6.07, 6.45) is 1.58. The van der Waals surface area contributed by atoms with Crippen LogP contribution in [0.4, 0.5) is 0 Å². The summed E-state index contributed by atoms with van der Waals surface area (Å²) in [6.45, 7) is 3.39. The Labute approximate surface area is 115 Å². The minimum atomic E-state index is -3.22. The smallest absolute Gasteiger partial charge is 0.309 e. The van der Waals surface area contributed by atoms with Gasteiger partial charge in [-0.3, -0.25) is 4.79 Å². The number of rotatable bonds is 7. The van der Waals surface area contributed by atoms with E-state index in [-0.39, 0.29) is 17.6 Å². The summed E-state index contributed by atoms with van der Waals surface area (Å²) in [7, 11) is -1.66. The van der Waals surface area contributed by atoms with Gasteiger partial charge in [0.2, 0.25) is 10.0 Å². The highest BCUT2D eigenvalue weighted by Gasteiger charge is 2.31. The van der Waals surface area contributed by atoms with Crippen LogP contribution in [0, 0.1) is 5.92 Å². The Kier molecular flexibility index (Phi) is 6.74. The first-order valence-electron chi connectivity index (χ1n) is 6.64. The van der Waals surface area contributed by atoms with E-state index in [9.17, 15) is 13.2 Å². The Morgan fingerprint density at radius 2 is 1.95 bits per heavy atom. The van der Waals surface area contributed by atoms with Gasteiger partial charge in [-0.2, -0.15) is 0 Å². The fourth-order valence-corrected chi connectivity index (χ4v) is 3.65. The molecule has 0 N–H and O–H groups in total. The maximum absolute atomic E-state index is 12.0. The van der Waals surface area contributed by atoms with E-state index in [2.05, 4.69) is 0 Å². The third-order valence-electron chi connectivity index (χ3n) is 3.22. The minimum absolute atomic E-state index is 0.102. The molecule has 6 nitrogen and oxygen atoms in total. The molecular formula is C12H23NO5S. The van der Waals surface area contributed by atoms with E-state index in [4.69, 9.17) is 9.47 Å². The van der Waals surface area contributed by atoms with E-state index in [1.54, 1.807) is 14.0 Å². The molecule has 0 bridgehead atoms. The molecule has 0 atom stereocenters. The quantitative estimate of drug-likeness (QED) is 0.508. The molecule has 0 radical (unpaired) electrons. The zero-order chi connectivity index (χ0) is 14.3. The molecule has 1 heterocycles. The van der Waals surface area contributed by atoms with Crippen molar-refractivity contribution >= 4 is 16.0 Å². The first-order chi connectivity index (χ1) is 9.01. The lowest BCUT2D eigenvalue weighted by Gasteiger charge is -2.30. The van der Waals surface area contributed by atoms with Crippen molar-refractivity contribution in [1.29, 1.82) is 0 Å². The van der Waals surface area contributed by atoms with Crippen molar-refractivity contribution in [3.63, 3.8) is 0 Å². The number of ether oxygens (including phenoxy) is 2. The molecule has 19 heavy (non-hydrogen) atoms. The van der Waals surface area contributed by atoms with Gasteiger partial charge in [-0.1, -0.05) is 0 Å². The largest absolute Gasteiger partial charge is 0.466 e. The fourth-order valence-electron chi connectivity index (χ4n) is 2.14. The molecule has 0 aromatic heterocycles. The summed E-state index contributed by atoms with van der Waals surface area (Å²) in [5.41, 5.74) is 0. The average Bonchev–Trinajstić information content (AvgIpc) is 2.39. The molecule has 112 valence electrons. The number of hydrogen-bond donors (Lipinski definition) is 0. The van der Waals surface area contributed by atoms with Gasteiger partial charge in [0.15, 0.2) is 0 Å². The second-order valence-electron chi connectivity index (χ2n) is 4.59. The van der Waals surface area contributed by atoms with Crippen molar-refractivity contribution in [2.24, 2.45) is 5.92 Å². The van der Waals surface area contributed by atoms with Gasteiger partial charge in [-0.05, 0) is 26.2 Å². The van der Waals surface area contributed by atoms with E-state index in [0.29, 0.717) is 45.6 Å². The zero-order valence-corrected chi connectivity index (χ0v) is 12.4. The summed E-state index contributed by atoms with van der Waals surface area (Å²) in [4.78, 5) is 11.6. The standard InChI is InChI=1S/C12H23NO5S/c1-3-18-12(14)11-5-7-13(8-6-11)19(15,16)10-4-9-17-2/h11H,3-10H2,1-2H3. The Morgan fingerprint density at radius 3 is 2.47 bits per heavy atom. The maximum atomic E-state index is 12.0. The lowest BCUT2D eigenvalue weighted by atomic mass is 9.98. The van der Waals surface area contributed by atoms with Gasteiger partial charge in [0, 0.05) is 26.8 Å². The number of sulfonamides is 1. The van der Waals surface area contributed by atoms with Crippen LogP contribution in [0.5, 0.6) is 0 Å². The SMILES string of the molecule is CCOC(=O)C1CCN(S(=O)(=O)CCCOC)CC1. The van der Waals surface area contributed by atoms with Crippen LogP contribution in [0.25, 0.3) is 0 Å². The van der Waals surface area contributed by atoms with Gasteiger partial charge in [-0.15, -0.1) is 0 Å². The van der Waals surface area contributed by atoms with Crippen LogP contribution in [0.2, 0.25) is 0 Å². The Balaban J connectivity index is 2.42. The lowest BCUT2D eigenvalue weighted by molar-refractivity contribution is -0.149. The Hall–Kier alpha value is -0.660. The number of carbonyl (C=O) groups excluding carboxylic acids is 1. The van der Waals surface area contributed by atoms with Gasteiger partial charge < -0.3 is 9.47 Å². The summed E-state index contributed by atoms with van der Waals surface area (Å²) < 4.78 is 35.3. The van der Waals surface area contributed by atoms with Gasteiger partial charge in [0.05, 0.1) is 18.3 Å². The molecule has 1 fully saturated rings. The van der Waals surface area contributed by atoms with Gasteiger partial charge in [0.1, 0.15) is 0 Å². The number of piperidine rings is 1. The molecule has 1 aliphatic rings. The van der Waals surface area contributed by atoms with Crippen LogP contribution in [0.1, 0.15) is 26.2 Å². The van der Waals surface area contributed by atoms with Gasteiger partial charge in [-0.25, -0.2) is 12.7 Å². The summed E-state index contributed by atoms with van der Waals surface area (Å²) in [5, 5.41) is 0. The topological polar surface area (TPSA) is 72.9 Å². The maximum Gasteiger partial charge on any atom is 0.309 e. The molecule has 0 aromatic rings. The van der Waals surface area contributed by atoms with Crippen molar-refractivity contribution in [1.82, 2.24) is 4.31 Å². The molecular weight excluding hydrogens is 270 g/mol. The predicted molar refractivity (Wildman–Crippen MR) is 71.2 cm³/mol. The van der Waals surface area contributed by atoms with E-state index in [0.717, 1.165) is 0 Å². The van der Waals surface area contributed by atoms with E-state index in [1.807, 2.05) is 0 Å². The second kappa shape index (κ2) is 7.81. The number of methoxy groups -OCH3 is 1. The van der Waals surface area contributed by atoms with E-state index < -0.39 is 10.0 Å². The summed E-state index contributed by atoms with van der Waals surface area (Å²) in [6, 6.07) is 0. The normalized spacial score (nSPS) is 18.4. The third kappa shape index (κ3) is 5.08. The zero-order valence-electron chi connectivity index (χ0n) is 11.6. The molecule has 0 saturated carbocycles. The molecule has 0 amide bonds. The van der Waals surface area contributed by atoms with Gasteiger partial charge >= 0.3 is 5.97 Å². The molecule has 1 saturated heterocycles. The lowest BCUT2D eigenvalue weighted by Crippen LogP contribution is -2.41. The number of hydrogen-bond acceptors (Lipinski definition) is 5. The van der Waals surface area contributed by atoms with Crippen LogP contribution >= 0.6 is 0 Å². The summed E-state index contributed by atoms with van der Waals surface area (Å²) >= 11 is 0. The van der Waals surface area contributed by atoms with Gasteiger partial charge in [0.25, 0.3) is 0 Å². The third-order valence-corrected chi connectivity index (χ3v) is 5.17. The molecule has 7 heteroatoms. The van der Waals surface area contributed by atoms with Crippen molar-refractivity contribution < 1.29 is 22.7 Å². The number of nitrogens with zero attached hydrogens (tertiary/aromatic N) is 1. The molecule has 1 rings (SSSR count). The van der Waals surface area contributed by atoms with Crippen LogP contribution < -0.4 is 0 Å². The van der Waals surface area contributed by atoms with Crippen molar-refractivity contribution in [3.05, 3.63) is 0 Å². The van der Waals surface area contributed by atoms with Crippen molar-refractivity contribution in [2.75, 3.05) is 39.2 Å². The molecule has 1 aliphatic heterocycles. The second-order valence-corrected chi connectivity index (χ2v) is 6.68. The molecule has 0 spiro atoms. The van der Waals surface area contributed by atoms with Crippen LogP contribution in [0.3, 0.4) is 0 Å². The first-order valence-corrected chi connectivity index (χ1v) is 8.25. The van der Waals surface area contributed by atoms with Crippen LogP contribution in [0.15, 0.2) is 0 Å². The highest BCUT2D eigenvalue weighted by molar-refractivity contribution is 7.89. The van der Waals surface area contributed by atoms with Crippen LogP contribution in [-0.4, -0.2) is 57.9 Å². The van der Waals surface area contributed by atoms with E-state index >= 15 is 0 Å². The first kappa shape index (κ1) is 16.4. The predicted octanol–water partition coefficient (Wildman–Crippen LogP) is 0.628. The number of carbonyl (C=O) groups is 1. The van der Waals surface area contributed by atoms with Crippen molar-refractivity contribution in [2.45, 2.75) is 26.2 Å². The van der Waals surface area contributed by atoms with Crippen LogP contribution in [-0.2, 0) is 24.3 Å². The highest BCUT2D eigenvalue weighted by atomic mass is 32.2. The molecule has 0 unspecified atom stereocenters. The fraction of sp³-hybridized carbons (Fsp3) is 0.917. The molecule has 0 aliphatic carbocycles. The average molecular weight is 293 g/mol.